The summed E-state index contributed by atoms with van der Waals surface area (Å²) in [5, 5.41) is 12.8. The largest absolute Gasteiger partial charge is 0.313 e. The molecule has 0 aliphatic heterocycles. The monoisotopic (exact) mass is 292 g/mol. The highest BCUT2D eigenvalue weighted by Gasteiger charge is 2.09. The third-order valence-electron chi connectivity index (χ3n) is 1.58. The first-order chi connectivity index (χ1) is 7.83. The van der Waals surface area contributed by atoms with Gasteiger partial charge < -0.3 is 5.43 Å². The second-order valence-corrected chi connectivity index (χ2v) is 6.53. The topological polar surface area (TPSA) is 89.6 Å². The number of hydrogen-bond donors (Lipinski definition) is 2. The van der Waals surface area contributed by atoms with Crippen LogP contribution in [0.2, 0.25) is 0 Å². The molecule has 0 fully saturated rings. The molecular formula is C6H8N6S4. The Hall–Kier alpha value is -0.420. The Morgan fingerprint density at radius 1 is 1.31 bits per heavy atom. The van der Waals surface area contributed by atoms with Crippen LogP contribution in [-0.2, 0) is 5.75 Å². The zero-order valence-corrected chi connectivity index (χ0v) is 11.5. The number of thioether (sulfide) groups is 2. The van der Waals surface area contributed by atoms with Gasteiger partial charge in [-0.2, -0.15) is 0 Å². The van der Waals surface area contributed by atoms with Gasteiger partial charge in [0.15, 0.2) is 8.68 Å². The maximum atomic E-state index is 5.33. The average Bonchev–Trinajstić information content (AvgIpc) is 2.94. The molecule has 10 heteroatoms. The first-order valence-electron chi connectivity index (χ1n) is 4.11. The molecule has 6 nitrogen and oxygen atoms in total. The van der Waals surface area contributed by atoms with Gasteiger partial charge in [-0.05, 0) is 6.26 Å². The van der Waals surface area contributed by atoms with Crippen molar-refractivity contribution < 1.29 is 0 Å². The second-order valence-electron chi connectivity index (χ2n) is 2.52. The molecule has 16 heavy (non-hydrogen) atoms. The summed E-state index contributed by atoms with van der Waals surface area (Å²) < 4.78 is 5.73. The number of nitrogens with two attached hydrogens (primary N) is 1. The third kappa shape index (κ3) is 2.83. The Labute approximate surface area is 109 Å². The van der Waals surface area contributed by atoms with E-state index >= 15 is 0 Å². The molecule has 0 aliphatic rings. The van der Waals surface area contributed by atoms with Crippen LogP contribution in [0.1, 0.15) is 5.69 Å². The Kier molecular flexibility index (Phi) is 4.35. The first kappa shape index (κ1) is 12.0. The molecule has 0 amide bonds. The number of hydrazine groups is 1. The lowest BCUT2D eigenvalue weighted by Gasteiger charge is -1.96. The van der Waals surface area contributed by atoms with Crippen LogP contribution in [0.15, 0.2) is 8.68 Å². The van der Waals surface area contributed by atoms with Gasteiger partial charge in [-0.1, -0.05) is 39.3 Å². The number of rotatable bonds is 5. The highest BCUT2D eigenvalue weighted by molar-refractivity contribution is 8.02. The van der Waals surface area contributed by atoms with Crippen LogP contribution in [-0.4, -0.2) is 26.0 Å². The fourth-order valence-corrected chi connectivity index (χ4v) is 3.84. The summed E-state index contributed by atoms with van der Waals surface area (Å²) in [6, 6.07) is 0. The molecule has 0 aromatic carbocycles. The van der Waals surface area contributed by atoms with E-state index in [2.05, 4.69) is 25.2 Å². The molecule has 0 unspecified atom stereocenters. The zero-order chi connectivity index (χ0) is 11.4. The van der Waals surface area contributed by atoms with E-state index in [1.807, 2.05) is 6.26 Å². The number of anilines is 1. The summed E-state index contributed by atoms with van der Waals surface area (Å²) in [5.74, 6) is 6.03. The molecule has 0 spiro atoms. The summed E-state index contributed by atoms with van der Waals surface area (Å²) in [6.07, 6.45) is 1.98. The van der Waals surface area contributed by atoms with Crippen LogP contribution in [0.3, 0.4) is 0 Å². The standard InChI is InChI=1S/C6H8N6S4/c1-13-5-10-11-6(15-5)14-2-3-4(8-7)16-12-9-3/h8H,2,7H2,1H3. The highest BCUT2D eigenvalue weighted by atomic mass is 32.2. The van der Waals surface area contributed by atoms with Crippen molar-refractivity contribution >= 4 is 51.4 Å². The van der Waals surface area contributed by atoms with E-state index in [9.17, 15) is 0 Å². The fourth-order valence-electron chi connectivity index (χ4n) is 0.881. The molecular weight excluding hydrogens is 284 g/mol. The summed E-state index contributed by atoms with van der Waals surface area (Å²) in [5.41, 5.74) is 3.42. The Bertz CT molecular complexity index is 453. The predicted octanol–water partition coefficient (Wildman–Crippen LogP) is 1.69. The van der Waals surface area contributed by atoms with E-state index in [1.54, 1.807) is 34.9 Å². The Morgan fingerprint density at radius 2 is 2.12 bits per heavy atom. The molecule has 0 radical (unpaired) electrons. The van der Waals surface area contributed by atoms with Crippen LogP contribution in [0.4, 0.5) is 5.00 Å². The van der Waals surface area contributed by atoms with Crippen LogP contribution in [0.5, 0.6) is 0 Å². The maximum Gasteiger partial charge on any atom is 0.175 e. The summed E-state index contributed by atoms with van der Waals surface area (Å²) in [7, 11) is 0. The van der Waals surface area contributed by atoms with E-state index < -0.39 is 0 Å². The number of aromatic nitrogens is 4. The van der Waals surface area contributed by atoms with Gasteiger partial charge in [0.05, 0.1) is 0 Å². The van der Waals surface area contributed by atoms with Crippen LogP contribution in [0.25, 0.3) is 0 Å². The summed E-state index contributed by atoms with van der Waals surface area (Å²) >= 11 is 6.00. The summed E-state index contributed by atoms with van der Waals surface area (Å²) in [4.78, 5) is 0. The van der Waals surface area contributed by atoms with Crippen molar-refractivity contribution in [3.8, 4) is 0 Å². The van der Waals surface area contributed by atoms with E-state index in [4.69, 9.17) is 5.84 Å². The van der Waals surface area contributed by atoms with Crippen molar-refractivity contribution in [3.63, 3.8) is 0 Å². The van der Waals surface area contributed by atoms with E-state index in [-0.39, 0.29) is 0 Å². The summed E-state index contributed by atoms with van der Waals surface area (Å²) in [6.45, 7) is 0. The predicted molar refractivity (Wildman–Crippen MR) is 69.0 cm³/mol. The van der Waals surface area contributed by atoms with Crippen LogP contribution < -0.4 is 11.3 Å². The SMILES string of the molecule is CSc1nnc(SCc2nnsc2NN)s1. The van der Waals surface area contributed by atoms with E-state index in [0.717, 1.165) is 19.4 Å². The van der Waals surface area contributed by atoms with Crippen molar-refractivity contribution in [2.45, 2.75) is 14.4 Å². The van der Waals surface area contributed by atoms with E-state index in [0.29, 0.717) is 5.75 Å². The molecule has 0 aliphatic carbocycles. The number of nitrogens with one attached hydrogen (secondary N) is 1. The second kappa shape index (κ2) is 5.77. The highest BCUT2D eigenvalue weighted by Crippen LogP contribution is 2.31. The van der Waals surface area contributed by atoms with Gasteiger partial charge in [0, 0.05) is 17.3 Å². The van der Waals surface area contributed by atoms with Gasteiger partial charge in [-0.3, -0.25) is 0 Å². The third-order valence-corrected chi connectivity index (χ3v) is 5.32. The maximum absolute atomic E-state index is 5.33. The van der Waals surface area contributed by atoms with Crippen molar-refractivity contribution in [3.05, 3.63) is 5.69 Å². The lowest BCUT2D eigenvalue weighted by molar-refractivity contribution is 0.954. The minimum absolute atomic E-state index is 0.693. The van der Waals surface area contributed by atoms with Gasteiger partial charge in [0.25, 0.3) is 0 Å². The molecule has 0 saturated heterocycles. The van der Waals surface area contributed by atoms with Crippen molar-refractivity contribution in [1.29, 1.82) is 0 Å². The van der Waals surface area contributed by atoms with Gasteiger partial charge >= 0.3 is 0 Å². The normalized spacial score (nSPS) is 10.6. The molecule has 0 saturated carbocycles. The smallest absolute Gasteiger partial charge is 0.175 e. The molecule has 2 aromatic heterocycles. The Morgan fingerprint density at radius 3 is 2.81 bits per heavy atom. The van der Waals surface area contributed by atoms with Crippen LogP contribution in [0, 0.1) is 0 Å². The zero-order valence-electron chi connectivity index (χ0n) is 8.21. The lowest BCUT2D eigenvalue weighted by Crippen LogP contribution is -2.06. The lowest BCUT2D eigenvalue weighted by atomic mass is 10.5. The average molecular weight is 292 g/mol. The molecule has 3 N–H and O–H groups in total. The molecule has 2 aromatic rings. The van der Waals surface area contributed by atoms with Gasteiger partial charge in [0.2, 0.25) is 0 Å². The van der Waals surface area contributed by atoms with Gasteiger partial charge in [-0.25, -0.2) is 5.84 Å². The number of nitrogen functional groups attached to an aromatic ring is 1. The van der Waals surface area contributed by atoms with Gasteiger partial charge in [-0.15, -0.1) is 15.3 Å². The minimum atomic E-state index is 0.693. The Balaban J connectivity index is 1.96. The van der Waals surface area contributed by atoms with Crippen molar-refractivity contribution in [2.24, 2.45) is 5.84 Å². The fraction of sp³-hybridized carbons (Fsp3) is 0.333. The minimum Gasteiger partial charge on any atom is -0.313 e. The first-order valence-corrected chi connectivity index (χ1v) is 7.91. The molecule has 0 bridgehead atoms. The molecule has 2 heterocycles. The van der Waals surface area contributed by atoms with Crippen molar-refractivity contribution in [2.75, 3.05) is 11.7 Å². The van der Waals surface area contributed by atoms with E-state index in [1.165, 1.54) is 11.5 Å². The molecule has 0 atom stereocenters. The molecule has 2 rings (SSSR count). The van der Waals surface area contributed by atoms with Crippen LogP contribution >= 0.6 is 46.4 Å². The van der Waals surface area contributed by atoms with Crippen molar-refractivity contribution in [1.82, 2.24) is 19.8 Å². The molecule has 86 valence electrons. The van der Waals surface area contributed by atoms with Gasteiger partial charge in [0.1, 0.15) is 10.7 Å². The quantitative estimate of drug-likeness (QED) is 0.489. The number of hydrogen-bond acceptors (Lipinski definition) is 10. The number of nitrogens with zero attached hydrogens (tertiary/aromatic N) is 4.